The fourth-order valence-electron chi connectivity index (χ4n) is 1.89. The molecule has 0 fully saturated rings. The second-order valence-electron chi connectivity index (χ2n) is 5.22. The van der Waals surface area contributed by atoms with E-state index in [1.165, 1.54) is 0 Å². The number of nitrogens with two attached hydrogens (primary N) is 1. The van der Waals surface area contributed by atoms with E-state index in [-0.39, 0.29) is 37.4 Å². The lowest BCUT2D eigenvalue weighted by molar-refractivity contribution is -0.137. The maximum absolute atomic E-state index is 11.8. The fraction of sp³-hybridized carbons (Fsp3) is 0.312. The van der Waals surface area contributed by atoms with Crippen LogP contribution in [0.5, 0.6) is 0 Å². The first-order valence-corrected chi connectivity index (χ1v) is 7.47. The molecule has 2 amide bonds. The summed E-state index contributed by atoms with van der Waals surface area (Å²) in [6.07, 6.45) is -0.429. The lowest BCUT2D eigenvalue weighted by atomic mass is 10.1. The Labute approximate surface area is 144 Å². The number of carboxylic acids is 1. The molecule has 9 nitrogen and oxygen atoms in total. The number of amides is 2. The molecule has 0 saturated heterocycles. The van der Waals surface area contributed by atoms with Crippen LogP contribution in [0.1, 0.15) is 31.2 Å². The summed E-state index contributed by atoms with van der Waals surface area (Å²) in [5.74, 6) is -2.02. The SMILES string of the molecule is N#CC(CCC(=O)O)NC(=O)CCC(=O)Nc1ccc(C(=N)N)cc1. The molecule has 0 bridgehead atoms. The summed E-state index contributed by atoms with van der Waals surface area (Å²) in [6.45, 7) is 0. The molecule has 0 aliphatic rings. The molecule has 132 valence electrons. The van der Waals surface area contributed by atoms with Crippen LogP contribution in [0.4, 0.5) is 5.69 Å². The third-order valence-corrected chi connectivity index (χ3v) is 3.20. The van der Waals surface area contributed by atoms with E-state index >= 15 is 0 Å². The zero-order valence-corrected chi connectivity index (χ0v) is 13.4. The van der Waals surface area contributed by atoms with Gasteiger partial charge in [-0.25, -0.2) is 0 Å². The highest BCUT2D eigenvalue weighted by molar-refractivity contribution is 5.96. The summed E-state index contributed by atoms with van der Waals surface area (Å²) >= 11 is 0. The standard InChI is InChI=1S/C16H19N5O4/c17-9-12(5-8-15(24)25)21-14(23)7-6-13(22)20-11-3-1-10(2-4-11)16(18)19/h1-4,12H,5-8H2,(H3,18,19)(H,20,22)(H,21,23)(H,24,25). The average molecular weight is 345 g/mol. The van der Waals surface area contributed by atoms with Crippen molar-refractivity contribution in [2.24, 2.45) is 5.73 Å². The van der Waals surface area contributed by atoms with Crippen molar-refractivity contribution in [2.45, 2.75) is 31.7 Å². The van der Waals surface area contributed by atoms with Crippen LogP contribution in [-0.4, -0.2) is 34.8 Å². The molecule has 1 atom stereocenters. The second-order valence-corrected chi connectivity index (χ2v) is 5.22. The third-order valence-electron chi connectivity index (χ3n) is 3.20. The number of benzene rings is 1. The number of nitrogen functional groups attached to an aromatic ring is 1. The molecule has 9 heteroatoms. The molecule has 0 heterocycles. The molecule has 25 heavy (non-hydrogen) atoms. The van der Waals surface area contributed by atoms with Gasteiger partial charge >= 0.3 is 5.97 Å². The Bertz CT molecular complexity index is 693. The number of carboxylic acid groups (broad SMARTS) is 1. The maximum atomic E-state index is 11.8. The third kappa shape index (κ3) is 7.60. The van der Waals surface area contributed by atoms with Crippen molar-refractivity contribution in [3.05, 3.63) is 29.8 Å². The quantitative estimate of drug-likeness (QED) is 0.323. The number of rotatable bonds is 9. The van der Waals surface area contributed by atoms with Crippen molar-refractivity contribution in [1.29, 1.82) is 10.7 Å². The van der Waals surface area contributed by atoms with Gasteiger partial charge < -0.3 is 21.5 Å². The van der Waals surface area contributed by atoms with Gasteiger partial charge in [-0.15, -0.1) is 0 Å². The normalized spacial score (nSPS) is 11.0. The van der Waals surface area contributed by atoms with Crippen molar-refractivity contribution < 1.29 is 19.5 Å². The van der Waals surface area contributed by atoms with Gasteiger partial charge in [0, 0.05) is 30.5 Å². The smallest absolute Gasteiger partial charge is 0.303 e. The molecular formula is C16H19N5O4. The van der Waals surface area contributed by atoms with Gasteiger partial charge in [0.15, 0.2) is 0 Å². The molecule has 1 unspecified atom stereocenters. The topological polar surface area (TPSA) is 169 Å². The number of nitrogens with one attached hydrogen (secondary N) is 3. The molecule has 6 N–H and O–H groups in total. The zero-order chi connectivity index (χ0) is 18.8. The van der Waals surface area contributed by atoms with E-state index in [4.69, 9.17) is 21.5 Å². The van der Waals surface area contributed by atoms with Crippen molar-refractivity contribution in [1.82, 2.24) is 5.32 Å². The van der Waals surface area contributed by atoms with Crippen LogP contribution in [0.2, 0.25) is 0 Å². The molecule has 0 saturated carbocycles. The lowest BCUT2D eigenvalue weighted by Gasteiger charge is -2.10. The summed E-state index contributed by atoms with van der Waals surface area (Å²) in [5, 5.41) is 29.7. The molecule has 1 aromatic rings. The maximum Gasteiger partial charge on any atom is 0.303 e. The number of hydrogen-bond acceptors (Lipinski definition) is 5. The van der Waals surface area contributed by atoms with Crippen LogP contribution < -0.4 is 16.4 Å². The lowest BCUT2D eigenvalue weighted by Crippen LogP contribution is -2.34. The minimum absolute atomic E-state index is 0.00622. The highest BCUT2D eigenvalue weighted by Crippen LogP contribution is 2.10. The zero-order valence-electron chi connectivity index (χ0n) is 13.4. The van der Waals surface area contributed by atoms with Gasteiger partial charge in [-0.2, -0.15) is 5.26 Å². The Balaban J connectivity index is 2.39. The number of carbonyl (C=O) groups excluding carboxylic acids is 2. The molecule has 0 radical (unpaired) electrons. The fourth-order valence-corrected chi connectivity index (χ4v) is 1.89. The largest absolute Gasteiger partial charge is 0.481 e. The first-order chi connectivity index (χ1) is 11.8. The minimum Gasteiger partial charge on any atom is -0.481 e. The summed E-state index contributed by atoms with van der Waals surface area (Å²) < 4.78 is 0. The van der Waals surface area contributed by atoms with Gasteiger partial charge in [0.05, 0.1) is 6.07 Å². The van der Waals surface area contributed by atoms with Crippen LogP contribution in [0.3, 0.4) is 0 Å². The molecular weight excluding hydrogens is 326 g/mol. The van der Waals surface area contributed by atoms with Crippen LogP contribution in [0.25, 0.3) is 0 Å². The Hall–Kier alpha value is -3.41. The highest BCUT2D eigenvalue weighted by atomic mass is 16.4. The Morgan fingerprint density at radius 2 is 1.76 bits per heavy atom. The summed E-state index contributed by atoms with van der Waals surface area (Å²) in [7, 11) is 0. The van der Waals surface area contributed by atoms with E-state index in [9.17, 15) is 14.4 Å². The van der Waals surface area contributed by atoms with Crippen molar-refractivity contribution >= 4 is 29.3 Å². The molecule has 0 aliphatic carbocycles. The van der Waals surface area contributed by atoms with Gasteiger partial charge in [0.2, 0.25) is 11.8 Å². The van der Waals surface area contributed by atoms with Crippen molar-refractivity contribution in [3.63, 3.8) is 0 Å². The van der Waals surface area contributed by atoms with E-state index in [1.807, 2.05) is 0 Å². The Kier molecular flexibility index (Phi) is 7.59. The Morgan fingerprint density at radius 1 is 1.16 bits per heavy atom. The first kappa shape index (κ1) is 19.6. The molecule has 0 aliphatic heterocycles. The number of nitriles is 1. The summed E-state index contributed by atoms with van der Waals surface area (Å²) in [5.41, 5.74) is 6.37. The second kappa shape index (κ2) is 9.67. The minimum atomic E-state index is -1.05. The monoisotopic (exact) mass is 345 g/mol. The van der Waals surface area contributed by atoms with Gasteiger partial charge in [-0.05, 0) is 30.7 Å². The Morgan fingerprint density at radius 3 is 2.28 bits per heavy atom. The van der Waals surface area contributed by atoms with E-state index in [1.54, 1.807) is 30.3 Å². The van der Waals surface area contributed by atoms with Gasteiger partial charge in [0.1, 0.15) is 11.9 Å². The van der Waals surface area contributed by atoms with E-state index in [0.717, 1.165) is 0 Å². The predicted octanol–water partition coefficient (Wildman–Crippen LogP) is 0.563. The molecule has 1 aromatic carbocycles. The summed E-state index contributed by atoms with van der Waals surface area (Å²) in [6, 6.07) is 7.26. The average Bonchev–Trinajstić information content (AvgIpc) is 2.57. The van der Waals surface area contributed by atoms with Gasteiger partial charge in [-0.3, -0.25) is 19.8 Å². The van der Waals surface area contributed by atoms with E-state index in [0.29, 0.717) is 11.3 Å². The number of hydrogen-bond donors (Lipinski definition) is 5. The number of aliphatic carboxylic acids is 1. The van der Waals surface area contributed by atoms with Crippen molar-refractivity contribution in [2.75, 3.05) is 5.32 Å². The predicted molar refractivity (Wildman–Crippen MR) is 89.7 cm³/mol. The van der Waals surface area contributed by atoms with Crippen LogP contribution in [-0.2, 0) is 14.4 Å². The number of nitrogens with zero attached hydrogens (tertiary/aromatic N) is 1. The molecule has 1 rings (SSSR count). The molecule has 0 spiro atoms. The number of carbonyl (C=O) groups is 3. The number of amidine groups is 1. The first-order valence-electron chi connectivity index (χ1n) is 7.47. The van der Waals surface area contributed by atoms with Gasteiger partial charge in [-0.1, -0.05) is 0 Å². The van der Waals surface area contributed by atoms with Gasteiger partial charge in [0.25, 0.3) is 0 Å². The van der Waals surface area contributed by atoms with Crippen LogP contribution in [0, 0.1) is 16.7 Å². The van der Waals surface area contributed by atoms with Crippen molar-refractivity contribution in [3.8, 4) is 6.07 Å². The van der Waals surface area contributed by atoms with Crippen LogP contribution in [0.15, 0.2) is 24.3 Å². The van der Waals surface area contributed by atoms with Crippen LogP contribution >= 0.6 is 0 Å². The number of anilines is 1. The van der Waals surface area contributed by atoms with E-state index < -0.39 is 17.9 Å². The van der Waals surface area contributed by atoms with E-state index in [2.05, 4.69) is 10.6 Å². The summed E-state index contributed by atoms with van der Waals surface area (Å²) in [4.78, 5) is 34.0. The molecule has 0 aromatic heterocycles. The highest BCUT2D eigenvalue weighted by Gasteiger charge is 2.14.